The Hall–Kier alpha value is -1.55. The monoisotopic (exact) mass is 279 g/mol. The number of carbonyl (C=O) groups is 1. The molecule has 0 atom stereocenters. The number of hydrogen-bond donors (Lipinski definition) is 2. The Balaban J connectivity index is 2.77. The van der Waals surface area contributed by atoms with Gasteiger partial charge in [0.15, 0.2) is 0 Å². The second-order valence-electron chi connectivity index (χ2n) is 6.10. The zero-order chi connectivity index (χ0) is 15.3. The second kappa shape index (κ2) is 6.75. The number of benzene rings is 1. The number of aromatic hydroxyl groups is 1. The summed E-state index contributed by atoms with van der Waals surface area (Å²) in [6.07, 6.45) is 0.835. The predicted octanol–water partition coefficient (Wildman–Crippen LogP) is 2.07. The van der Waals surface area contributed by atoms with Crippen LogP contribution in [-0.4, -0.2) is 41.2 Å². The van der Waals surface area contributed by atoms with Crippen LogP contribution in [0.2, 0.25) is 0 Å². The minimum Gasteiger partial charge on any atom is -0.507 e. The molecule has 0 saturated carbocycles. The fourth-order valence-corrected chi connectivity index (χ4v) is 2.11. The third kappa shape index (κ3) is 4.23. The minimum absolute atomic E-state index is 0.0281. The van der Waals surface area contributed by atoms with Gasteiger partial charge in [-0.25, -0.2) is 0 Å². The Morgan fingerprint density at radius 3 is 2.50 bits per heavy atom. The third-order valence-electron chi connectivity index (χ3n) is 3.40. The van der Waals surface area contributed by atoms with Crippen LogP contribution in [0.4, 0.5) is 0 Å². The number of likely N-dealkylation sites (N-methyl/N-ethyl adjacent to an activating group) is 1. The third-order valence-corrected chi connectivity index (χ3v) is 3.40. The maximum Gasteiger partial charge on any atom is 0.222 e. The molecule has 0 heterocycles. The average Bonchev–Trinajstić information content (AvgIpc) is 2.36. The van der Waals surface area contributed by atoms with Gasteiger partial charge in [-0.2, -0.15) is 0 Å². The van der Waals surface area contributed by atoms with Crippen LogP contribution in [0, 0.1) is 0 Å². The summed E-state index contributed by atoms with van der Waals surface area (Å²) < 4.78 is 0. The predicted molar refractivity (Wildman–Crippen MR) is 79.9 cm³/mol. The molecule has 0 aromatic heterocycles. The number of para-hydroxylation sites is 1. The molecule has 0 unspecified atom stereocenters. The molecule has 0 bridgehead atoms. The lowest BCUT2D eigenvalue weighted by atomic mass is 9.85. The molecule has 4 nitrogen and oxygen atoms in total. The van der Waals surface area contributed by atoms with Crippen LogP contribution in [0.5, 0.6) is 5.75 Å². The van der Waals surface area contributed by atoms with Crippen molar-refractivity contribution in [1.82, 2.24) is 4.90 Å². The number of phenolic OH excluding ortho intramolecular Hbond substituents is 1. The van der Waals surface area contributed by atoms with Gasteiger partial charge in [0.25, 0.3) is 0 Å². The highest BCUT2D eigenvalue weighted by Crippen LogP contribution is 2.33. The van der Waals surface area contributed by atoms with Gasteiger partial charge in [-0.15, -0.1) is 0 Å². The first-order valence-electron chi connectivity index (χ1n) is 6.93. The van der Waals surface area contributed by atoms with E-state index in [1.54, 1.807) is 7.05 Å². The number of rotatable bonds is 5. The lowest BCUT2D eigenvalue weighted by Gasteiger charge is -2.22. The Bertz CT molecular complexity index is 463. The van der Waals surface area contributed by atoms with Gasteiger partial charge in [-0.3, -0.25) is 4.79 Å². The average molecular weight is 279 g/mol. The Morgan fingerprint density at radius 2 is 1.95 bits per heavy atom. The molecular formula is C16H25NO3. The smallest absolute Gasteiger partial charge is 0.222 e. The Kier molecular flexibility index (Phi) is 5.57. The van der Waals surface area contributed by atoms with Gasteiger partial charge in [0.2, 0.25) is 5.91 Å². The number of aryl methyl sites for hydroxylation is 1. The van der Waals surface area contributed by atoms with Gasteiger partial charge in [-0.05, 0) is 23.0 Å². The van der Waals surface area contributed by atoms with Gasteiger partial charge in [-0.1, -0.05) is 39.0 Å². The van der Waals surface area contributed by atoms with Crippen LogP contribution in [0.15, 0.2) is 18.2 Å². The van der Waals surface area contributed by atoms with Crippen molar-refractivity contribution < 1.29 is 15.0 Å². The van der Waals surface area contributed by atoms with Crippen molar-refractivity contribution in [2.45, 2.75) is 39.0 Å². The van der Waals surface area contributed by atoms with E-state index in [2.05, 4.69) is 0 Å². The summed E-state index contributed by atoms with van der Waals surface area (Å²) in [5.41, 5.74) is 1.56. The molecule has 1 aromatic rings. The van der Waals surface area contributed by atoms with Crippen LogP contribution in [-0.2, 0) is 16.6 Å². The molecule has 1 aromatic carbocycles. The molecule has 0 aliphatic heterocycles. The zero-order valence-corrected chi connectivity index (χ0v) is 12.8. The standard InChI is InChI=1S/C16H25NO3/c1-16(2,3)13-7-5-6-12(15(13)20)8-9-14(19)17(4)10-11-18/h5-7,18,20H,8-11H2,1-4H3. The van der Waals surface area contributed by atoms with Crippen molar-refractivity contribution >= 4 is 5.91 Å². The van der Waals surface area contributed by atoms with Crippen LogP contribution >= 0.6 is 0 Å². The Morgan fingerprint density at radius 1 is 1.30 bits per heavy atom. The zero-order valence-electron chi connectivity index (χ0n) is 12.8. The molecule has 112 valence electrons. The fraction of sp³-hybridized carbons (Fsp3) is 0.562. The lowest BCUT2D eigenvalue weighted by molar-refractivity contribution is -0.130. The van der Waals surface area contributed by atoms with E-state index in [1.807, 2.05) is 39.0 Å². The summed E-state index contributed by atoms with van der Waals surface area (Å²) in [5.74, 6) is 0.261. The summed E-state index contributed by atoms with van der Waals surface area (Å²) in [4.78, 5) is 13.3. The number of nitrogens with zero attached hydrogens (tertiary/aromatic N) is 1. The second-order valence-corrected chi connectivity index (χ2v) is 6.10. The van der Waals surface area contributed by atoms with E-state index in [0.717, 1.165) is 11.1 Å². The maximum atomic E-state index is 11.8. The summed E-state index contributed by atoms with van der Waals surface area (Å²) in [6, 6.07) is 5.68. The molecule has 1 rings (SSSR count). The topological polar surface area (TPSA) is 60.8 Å². The van der Waals surface area contributed by atoms with E-state index in [-0.39, 0.29) is 23.7 Å². The molecule has 0 spiro atoms. The van der Waals surface area contributed by atoms with E-state index in [9.17, 15) is 9.90 Å². The normalized spacial score (nSPS) is 11.4. The van der Waals surface area contributed by atoms with Crippen molar-refractivity contribution in [3.63, 3.8) is 0 Å². The van der Waals surface area contributed by atoms with Crippen LogP contribution < -0.4 is 0 Å². The van der Waals surface area contributed by atoms with Crippen LogP contribution in [0.3, 0.4) is 0 Å². The number of aliphatic hydroxyl groups excluding tert-OH is 1. The molecule has 2 N–H and O–H groups in total. The molecule has 0 aliphatic rings. The minimum atomic E-state index is -0.127. The summed E-state index contributed by atoms with van der Waals surface area (Å²) in [5, 5.41) is 19.1. The molecule has 20 heavy (non-hydrogen) atoms. The first-order chi connectivity index (χ1) is 9.27. The van der Waals surface area contributed by atoms with Crippen molar-refractivity contribution in [3.8, 4) is 5.75 Å². The number of amides is 1. The van der Waals surface area contributed by atoms with E-state index < -0.39 is 0 Å². The molecule has 1 amide bonds. The highest BCUT2D eigenvalue weighted by Gasteiger charge is 2.20. The number of phenols is 1. The van der Waals surface area contributed by atoms with Gasteiger partial charge >= 0.3 is 0 Å². The highest BCUT2D eigenvalue weighted by atomic mass is 16.3. The quantitative estimate of drug-likeness (QED) is 0.867. The van der Waals surface area contributed by atoms with E-state index in [1.165, 1.54) is 4.90 Å². The molecule has 0 aliphatic carbocycles. The van der Waals surface area contributed by atoms with Gasteiger partial charge in [0.05, 0.1) is 6.61 Å². The number of aliphatic hydroxyl groups is 1. The summed E-state index contributed by atoms with van der Waals surface area (Å²) >= 11 is 0. The largest absolute Gasteiger partial charge is 0.507 e. The highest BCUT2D eigenvalue weighted by molar-refractivity contribution is 5.76. The maximum absolute atomic E-state index is 11.8. The summed E-state index contributed by atoms with van der Waals surface area (Å²) in [7, 11) is 1.67. The van der Waals surface area contributed by atoms with Crippen molar-refractivity contribution in [1.29, 1.82) is 0 Å². The van der Waals surface area contributed by atoms with E-state index >= 15 is 0 Å². The van der Waals surface area contributed by atoms with Crippen LogP contribution in [0.1, 0.15) is 38.3 Å². The van der Waals surface area contributed by atoms with Crippen molar-refractivity contribution in [2.24, 2.45) is 0 Å². The van der Waals surface area contributed by atoms with E-state index in [0.29, 0.717) is 19.4 Å². The van der Waals surface area contributed by atoms with Gasteiger partial charge in [0.1, 0.15) is 5.75 Å². The fourth-order valence-electron chi connectivity index (χ4n) is 2.11. The van der Waals surface area contributed by atoms with Crippen molar-refractivity contribution in [2.75, 3.05) is 20.2 Å². The van der Waals surface area contributed by atoms with Crippen LogP contribution in [0.25, 0.3) is 0 Å². The molecule has 4 heteroatoms. The number of carbonyl (C=O) groups excluding carboxylic acids is 1. The van der Waals surface area contributed by atoms with E-state index in [4.69, 9.17) is 5.11 Å². The molecular weight excluding hydrogens is 254 g/mol. The first-order valence-corrected chi connectivity index (χ1v) is 6.93. The summed E-state index contributed by atoms with van der Waals surface area (Å²) in [6.45, 7) is 6.45. The van der Waals surface area contributed by atoms with Crippen molar-refractivity contribution in [3.05, 3.63) is 29.3 Å². The lowest BCUT2D eigenvalue weighted by Crippen LogP contribution is -2.29. The number of hydrogen-bond acceptors (Lipinski definition) is 3. The SMILES string of the molecule is CN(CCO)C(=O)CCc1cccc(C(C)(C)C)c1O. The molecule has 0 saturated heterocycles. The molecule has 0 radical (unpaired) electrons. The first kappa shape index (κ1) is 16.5. The van der Waals surface area contributed by atoms with Gasteiger partial charge in [0, 0.05) is 20.0 Å². The molecule has 0 fully saturated rings. The van der Waals surface area contributed by atoms with Gasteiger partial charge < -0.3 is 15.1 Å². The Labute approximate surface area is 121 Å².